The summed E-state index contributed by atoms with van der Waals surface area (Å²) in [4.78, 5) is 0. The summed E-state index contributed by atoms with van der Waals surface area (Å²) in [5.41, 5.74) is 3.82. The first-order chi connectivity index (χ1) is 6.84. The highest BCUT2D eigenvalue weighted by Crippen LogP contribution is 2.31. The van der Waals surface area contributed by atoms with Gasteiger partial charge in [-0.15, -0.1) is 0 Å². The van der Waals surface area contributed by atoms with Crippen LogP contribution in [0.2, 0.25) is 0 Å². The number of benzene rings is 1. The van der Waals surface area contributed by atoms with Gasteiger partial charge in [-0.25, -0.2) is 0 Å². The fraction of sp³-hybridized carbons (Fsp3) is 0.167. The van der Waals surface area contributed by atoms with Crippen molar-refractivity contribution in [1.82, 2.24) is 0 Å². The molecule has 0 spiro atoms. The second kappa shape index (κ2) is 2.99. The van der Waals surface area contributed by atoms with Crippen LogP contribution in [0.3, 0.4) is 0 Å². The molecule has 0 N–H and O–H groups in total. The lowest BCUT2D eigenvalue weighted by Gasteiger charge is -2.13. The molecule has 0 aliphatic heterocycles. The van der Waals surface area contributed by atoms with E-state index in [1.807, 2.05) is 0 Å². The van der Waals surface area contributed by atoms with Gasteiger partial charge in [-0.2, -0.15) is 0 Å². The standard InChI is InChI=1S/C12H9BrO/c13-9-3-1-8-2-4-12-10(5-6-14-12)11(8)7-9/h2-6H,1,7H2. The lowest BCUT2D eigenvalue weighted by atomic mass is 9.94. The molecule has 1 aliphatic rings. The van der Waals surface area contributed by atoms with Crippen molar-refractivity contribution in [2.24, 2.45) is 0 Å². The Morgan fingerprint density at radius 2 is 2.14 bits per heavy atom. The number of allylic oxidation sites excluding steroid dienone is 2. The van der Waals surface area contributed by atoms with E-state index in [9.17, 15) is 0 Å². The maximum absolute atomic E-state index is 5.38. The molecular weight excluding hydrogens is 240 g/mol. The van der Waals surface area contributed by atoms with Crippen LogP contribution in [0, 0.1) is 0 Å². The van der Waals surface area contributed by atoms with Gasteiger partial charge in [-0.05, 0) is 34.2 Å². The van der Waals surface area contributed by atoms with Gasteiger partial charge in [0.2, 0.25) is 0 Å². The third-order valence-electron chi connectivity index (χ3n) is 2.73. The van der Waals surface area contributed by atoms with E-state index in [2.05, 4.69) is 40.2 Å². The van der Waals surface area contributed by atoms with Crippen LogP contribution in [0.15, 0.2) is 39.4 Å². The molecule has 14 heavy (non-hydrogen) atoms. The number of halogens is 1. The van der Waals surface area contributed by atoms with E-state index >= 15 is 0 Å². The van der Waals surface area contributed by atoms with Crippen LogP contribution in [0.4, 0.5) is 0 Å². The highest BCUT2D eigenvalue weighted by Gasteiger charge is 2.13. The van der Waals surface area contributed by atoms with Crippen LogP contribution in [-0.2, 0) is 12.8 Å². The van der Waals surface area contributed by atoms with E-state index in [1.54, 1.807) is 6.26 Å². The normalized spacial score (nSPS) is 15.4. The zero-order valence-electron chi connectivity index (χ0n) is 7.59. The lowest BCUT2D eigenvalue weighted by Crippen LogP contribution is -1.99. The van der Waals surface area contributed by atoms with Crippen molar-refractivity contribution in [3.8, 4) is 0 Å². The molecule has 1 aromatic heterocycles. The topological polar surface area (TPSA) is 13.1 Å². The molecule has 1 heterocycles. The number of fused-ring (bicyclic) bond motifs is 3. The molecule has 2 heteroatoms. The first kappa shape index (κ1) is 8.30. The maximum Gasteiger partial charge on any atom is 0.134 e. The van der Waals surface area contributed by atoms with Gasteiger partial charge in [-0.1, -0.05) is 28.1 Å². The third-order valence-corrected chi connectivity index (χ3v) is 3.34. The summed E-state index contributed by atoms with van der Waals surface area (Å²) in [6, 6.07) is 6.28. The Balaban J connectivity index is 2.30. The van der Waals surface area contributed by atoms with Gasteiger partial charge in [0.1, 0.15) is 5.58 Å². The molecule has 70 valence electrons. The summed E-state index contributed by atoms with van der Waals surface area (Å²) >= 11 is 3.56. The van der Waals surface area contributed by atoms with Crippen LogP contribution in [-0.4, -0.2) is 0 Å². The Bertz CT molecular complexity index is 522. The quantitative estimate of drug-likeness (QED) is 0.691. The van der Waals surface area contributed by atoms with E-state index in [0.717, 1.165) is 18.4 Å². The van der Waals surface area contributed by atoms with Gasteiger partial charge >= 0.3 is 0 Å². The molecule has 1 aromatic carbocycles. The van der Waals surface area contributed by atoms with Crippen molar-refractivity contribution < 1.29 is 4.42 Å². The number of furan rings is 1. The molecule has 0 fully saturated rings. The van der Waals surface area contributed by atoms with E-state index in [1.165, 1.54) is 21.0 Å². The number of rotatable bonds is 0. The van der Waals surface area contributed by atoms with Crippen LogP contribution in [0.25, 0.3) is 11.0 Å². The first-order valence-electron chi connectivity index (χ1n) is 4.67. The Morgan fingerprint density at radius 1 is 1.21 bits per heavy atom. The van der Waals surface area contributed by atoms with Crippen molar-refractivity contribution in [2.75, 3.05) is 0 Å². The SMILES string of the molecule is BrC1=CCc2ccc3occc3c2C1. The number of hydrogen-bond donors (Lipinski definition) is 0. The Labute approximate surface area is 90.5 Å². The minimum absolute atomic E-state index is 0.992. The van der Waals surface area contributed by atoms with Gasteiger partial charge < -0.3 is 4.42 Å². The lowest BCUT2D eigenvalue weighted by molar-refractivity contribution is 0.615. The van der Waals surface area contributed by atoms with Crippen molar-refractivity contribution in [1.29, 1.82) is 0 Å². The van der Waals surface area contributed by atoms with Crippen LogP contribution in [0.1, 0.15) is 11.1 Å². The average molecular weight is 249 g/mol. The molecule has 0 radical (unpaired) electrons. The monoisotopic (exact) mass is 248 g/mol. The summed E-state index contributed by atoms with van der Waals surface area (Å²) in [6.45, 7) is 0. The molecule has 0 unspecified atom stereocenters. The van der Waals surface area contributed by atoms with Crippen molar-refractivity contribution in [3.05, 3.63) is 46.1 Å². The van der Waals surface area contributed by atoms with Gasteiger partial charge in [0.25, 0.3) is 0 Å². The van der Waals surface area contributed by atoms with Crippen LogP contribution < -0.4 is 0 Å². The van der Waals surface area contributed by atoms with Gasteiger partial charge in [0, 0.05) is 11.8 Å². The number of hydrogen-bond acceptors (Lipinski definition) is 1. The van der Waals surface area contributed by atoms with Crippen LogP contribution >= 0.6 is 15.9 Å². The minimum atomic E-state index is 0.992. The van der Waals surface area contributed by atoms with Gasteiger partial charge in [0.15, 0.2) is 0 Å². The first-order valence-corrected chi connectivity index (χ1v) is 5.46. The molecule has 3 rings (SSSR count). The predicted octanol–water partition coefficient (Wildman–Crippen LogP) is 3.81. The van der Waals surface area contributed by atoms with Crippen molar-refractivity contribution in [3.63, 3.8) is 0 Å². The fourth-order valence-electron chi connectivity index (χ4n) is 2.01. The Kier molecular flexibility index (Phi) is 1.77. The highest BCUT2D eigenvalue weighted by atomic mass is 79.9. The second-order valence-electron chi connectivity index (χ2n) is 3.57. The Morgan fingerprint density at radius 3 is 3.07 bits per heavy atom. The molecule has 0 amide bonds. The van der Waals surface area contributed by atoms with Crippen LogP contribution in [0.5, 0.6) is 0 Å². The fourth-order valence-corrected chi connectivity index (χ4v) is 2.45. The summed E-state index contributed by atoms with van der Waals surface area (Å²) < 4.78 is 6.66. The van der Waals surface area contributed by atoms with Crippen molar-refractivity contribution >= 4 is 26.9 Å². The largest absolute Gasteiger partial charge is 0.464 e. The smallest absolute Gasteiger partial charge is 0.134 e. The van der Waals surface area contributed by atoms with E-state index < -0.39 is 0 Å². The molecule has 0 atom stereocenters. The van der Waals surface area contributed by atoms with E-state index in [-0.39, 0.29) is 0 Å². The molecule has 0 saturated carbocycles. The molecule has 0 bridgehead atoms. The summed E-state index contributed by atoms with van der Waals surface area (Å²) in [5, 5.41) is 1.26. The summed E-state index contributed by atoms with van der Waals surface area (Å²) in [7, 11) is 0. The maximum atomic E-state index is 5.38. The van der Waals surface area contributed by atoms with Gasteiger partial charge in [-0.3, -0.25) is 0 Å². The van der Waals surface area contributed by atoms with Gasteiger partial charge in [0.05, 0.1) is 6.26 Å². The average Bonchev–Trinajstić information content (AvgIpc) is 2.65. The second-order valence-corrected chi connectivity index (χ2v) is 4.59. The predicted molar refractivity (Wildman–Crippen MR) is 60.6 cm³/mol. The zero-order chi connectivity index (χ0) is 9.54. The molecular formula is C12H9BrO. The Hall–Kier alpha value is -1.02. The van der Waals surface area contributed by atoms with E-state index in [0.29, 0.717) is 0 Å². The molecule has 0 saturated heterocycles. The minimum Gasteiger partial charge on any atom is -0.464 e. The molecule has 2 aromatic rings. The third kappa shape index (κ3) is 1.14. The summed E-state index contributed by atoms with van der Waals surface area (Å²) in [5.74, 6) is 0. The van der Waals surface area contributed by atoms with E-state index in [4.69, 9.17) is 4.42 Å². The summed E-state index contributed by atoms with van der Waals surface area (Å²) in [6.07, 6.45) is 6.01. The molecule has 1 aliphatic carbocycles. The molecule has 1 nitrogen and oxygen atoms in total. The van der Waals surface area contributed by atoms with Crippen molar-refractivity contribution in [2.45, 2.75) is 12.8 Å². The highest BCUT2D eigenvalue weighted by molar-refractivity contribution is 9.11. The zero-order valence-corrected chi connectivity index (χ0v) is 9.17.